The third kappa shape index (κ3) is 8.20. The molecule has 200 valence electrons. The van der Waals surface area contributed by atoms with Crippen LogP contribution >= 0.6 is 0 Å². The van der Waals surface area contributed by atoms with E-state index in [0.29, 0.717) is 28.4 Å². The van der Waals surface area contributed by atoms with E-state index in [1.165, 1.54) is 0 Å². The molecule has 2 amide bonds. The van der Waals surface area contributed by atoms with E-state index in [4.69, 9.17) is 10.5 Å². The molecule has 0 fully saturated rings. The number of rotatable bonds is 12. The number of aryl methyl sites for hydroxylation is 3. The lowest BCUT2D eigenvalue weighted by Crippen LogP contribution is -2.30. The Kier molecular flexibility index (Phi) is 9.66. The smallest absolute Gasteiger partial charge is 0.303 e. The molecule has 0 bridgehead atoms. The summed E-state index contributed by atoms with van der Waals surface area (Å²) in [5.41, 5.74) is 10.8. The number of nitrogens with two attached hydrogens (primary N) is 1. The number of carboxylic acid groups (broad SMARTS) is 1. The van der Waals surface area contributed by atoms with Crippen molar-refractivity contribution >= 4 is 17.8 Å². The zero-order valence-corrected chi connectivity index (χ0v) is 22.4. The van der Waals surface area contributed by atoms with Crippen LogP contribution in [0, 0.1) is 19.8 Å². The van der Waals surface area contributed by atoms with Crippen molar-refractivity contribution in [3.8, 4) is 5.75 Å². The zero-order valence-electron chi connectivity index (χ0n) is 22.4. The largest absolute Gasteiger partial charge is 0.489 e. The van der Waals surface area contributed by atoms with Gasteiger partial charge in [0.15, 0.2) is 0 Å². The lowest BCUT2D eigenvalue weighted by atomic mass is 9.93. The van der Waals surface area contributed by atoms with Crippen LogP contribution in [0.4, 0.5) is 0 Å². The highest BCUT2D eigenvalue weighted by molar-refractivity contribution is 5.96. The van der Waals surface area contributed by atoms with Crippen LogP contribution in [0.25, 0.3) is 0 Å². The number of carbonyl (C=O) groups excluding carboxylic acids is 2. The van der Waals surface area contributed by atoms with Gasteiger partial charge in [-0.3, -0.25) is 14.4 Å². The summed E-state index contributed by atoms with van der Waals surface area (Å²) >= 11 is 0. The molecule has 38 heavy (non-hydrogen) atoms. The van der Waals surface area contributed by atoms with Gasteiger partial charge in [0, 0.05) is 17.5 Å². The van der Waals surface area contributed by atoms with E-state index < -0.39 is 11.9 Å². The summed E-state index contributed by atoms with van der Waals surface area (Å²) in [6.07, 6.45) is 0.916. The number of ether oxygens (including phenoxy) is 1. The second-order valence-corrected chi connectivity index (χ2v) is 10.1. The van der Waals surface area contributed by atoms with Crippen molar-refractivity contribution < 1.29 is 24.2 Å². The summed E-state index contributed by atoms with van der Waals surface area (Å²) in [5, 5.41) is 12.4. The normalized spacial score (nSPS) is 11.7. The molecule has 0 spiro atoms. The van der Waals surface area contributed by atoms with Gasteiger partial charge in [0.1, 0.15) is 12.4 Å². The molecule has 0 aromatic heterocycles. The van der Waals surface area contributed by atoms with Gasteiger partial charge in [-0.15, -0.1) is 0 Å². The quantitative estimate of drug-likeness (QED) is 0.293. The maximum Gasteiger partial charge on any atom is 0.303 e. The van der Waals surface area contributed by atoms with Crippen LogP contribution in [-0.4, -0.2) is 22.9 Å². The van der Waals surface area contributed by atoms with E-state index >= 15 is 0 Å². The number of carbonyl (C=O) groups is 3. The fourth-order valence-electron chi connectivity index (χ4n) is 4.49. The molecule has 7 nitrogen and oxygen atoms in total. The van der Waals surface area contributed by atoms with Crippen LogP contribution in [-0.2, 0) is 17.8 Å². The molecule has 0 aliphatic heterocycles. The minimum Gasteiger partial charge on any atom is -0.489 e. The van der Waals surface area contributed by atoms with E-state index in [9.17, 15) is 19.5 Å². The van der Waals surface area contributed by atoms with Crippen molar-refractivity contribution in [3.63, 3.8) is 0 Å². The van der Waals surface area contributed by atoms with E-state index in [0.717, 1.165) is 28.7 Å². The van der Waals surface area contributed by atoms with E-state index in [1.54, 1.807) is 36.4 Å². The van der Waals surface area contributed by atoms with Crippen molar-refractivity contribution in [1.29, 1.82) is 0 Å². The molecule has 0 heterocycles. The van der Waals surface area contributed by atoms with Crippen LogP contribution in [0.5, 0.6) is 5.75 Å². The van der Waals surface area contributed by atoms with Gasteiger partial charge in [-0.25, -0.2) is 0 Å². The second kappa shape index (κ2) is 12.9. The minimum absolute atomic E-state index is 0.0808. The number of nitrogens with one attached hydrogen (secondary N) is 1. The Hall–Kier alpha value is -4.13. The Balaban J connectivity index is 1.88. The molecule has 3 rings (SSSR count). The highest BCUT2D eigenvalue weighted by atomic mass is 16.5. The Morgan fingerprint density at radius 2 is 1.68 bits per heavy atom. The van der Waals surface area contributed by atoms with E-state index in [1.807, 2.05) is 19.9 Å². The average molecular weight is 517 g/mol. The molecule has 1 atom stereocenters. The second-order valence-electron chi connectivity index (χ2n) is 10.1. The minimum atomic E-state index is -0.925. The first-order valence-electron chi connectivity index (χ1n) is 12.8. The number of hydrogen-bond donors (Lipinski definition) is 3. The van der Waals surface area contributed by atoms with Crippen molar-refractivity contribution in [1.82, 2.24) is 5.32 Å². The number of benzene rings is 3. The van der Waals surface area contributed by atoms with Gasteiger partial charge in [0.05, 0.1) is 6.04 Å². The van der Waals surface area contributed by atoms with Gasteiger partial charge in [0.2, 0.25) is 5.91 Å². The highest BCUT2D eigenvalue weighted by Crippen LogP contribution is 2.25. The molecular formula is C31H36N2O5. The topological polar surface area (TPSA) is 119 Å². The lowest BCUT2D eigenvalue weighted by Gasteiger charge is -2.23. The van der Waals surface area contributed by atoms with Crippen LogP contribution in [0.3, 0.4) is 0 Å². The Labute approximate surface area is 224 Å². The summed E-state index contributed by atoms with van der Waals surface area (Å²) in [5.74, 6) is -0.895. The maximum atomic E-state index is 13.6. The number of aliphatic carboxylic acids is 1. The van der Waals surface area contributed by atoms with Gasteiger partial charge in [-0.1, -0.05) is 61.4 Å². The van der Waals surface area contributed by atoms with Gasteiger partial charge < -0.3 is 20.9 Å². The Morgan fingerprint density at radius 1 is 0.974 bits per heavy atom. The van der Waals surface area contributed by atoms with Gasteiger partial charge >= 0.3 is 5.97 Å². The van der Waals surface area contributed by atoms with Crippen LogP contribution < -0.4 is 15.8 Å². The van der Waals surface area contributed by atoms with Crippen LogP contribution in [0.15, 0.2) is 60.7 Å². The number of hydrogen-bond acceptors (Lipinski definition) is 4. The molecule has 3 aromatic carbocycles. The first kappa shape index (κ1) is 28.4. The van der Waals surface area contributed by atoms with Gasteiger partial charge in [-0.05, 0) is 73.6 Å². The predicted octanol–water partition coefficient (Wildman–Crippen LogP) is 5.52. The molecule has 0 saturated carbocycles. The lowest BCUT2D eigenvalue weighted by molar-refractivity contribution is -0.136. The Morgan fingerprint density at radius 3 is 2.32 bits per heavy atom. The molecule has 4 N–H and O–H groups in total. The van der Waals surface area contributed by atoms with Gasteiger partial charge in [0.25, 0.3) is 5.91 Å². The Bertz CT molecular complexity index is 1300. The molecule has 0 saturated heterocycles. The molecule has 0 radical (unpaired) electrons. The number of carboxylic acids is 1. The number of amides is 2. The van der Waals surface area contributed by atoms with Gasteiger partial charge in [-0.2, -0.15) is 0 Å². The van der Waals surface area contributed by atoms with Crippen LogP contribution in [0.1, 0.15) is 81.3 Å². The highest BCUT2D eigenvalue weighted by Gasteiger charge is 2.21. The predicted molar refractivity (Wildman–Crippen MR) is 147 cm³/mol. The zero-order chi connectivity index (χ0) is 27.8. The molecule has 3 aromatic rings. The standard InChI is InChI=1S/C31H36N2O5/c1-19(2)12-28(25-14-20(3)13-21(4)15-25)33-31(37)27-16-22(8-9-23(27)10-11-29(34)35)18-38-26-7-5-6-24(17-26)30(32)36/h5-9,13-17,19,28H,10-12,18H2,1-4H3,(H2,32,36)(H,33,37)(H,34,35). The van der Waals surface area contributed by atoms with Crippen molar-refractivity contribution in [3.05, 3.63) is 99.6 Å². The summed E-state index contributed by atoms with van der Waals surface area (Å²) in [7, 11) is 0. The fraction of sp³-hybridized carbons (Fsp3) is 0.323. The fourth-order valence-corrected chi connectivity index (χ4v) is 4.49. The van der Waals surface area contributed by atoms with Crippen LogP contribution in [0.2, 0.25) is 0 Å². The van der Waals surface area contributed by atoms with Crippen molar-refractivity contribution in [2.24, 2.45) is 11.7 Å². The SMILES string of the molecule is Cc1cc(C)cc(C(CC(C)C)NC(=O)c2cc(COc3cccc(C(N)=O)c3)ccc2CCC(=O)O)c1. The first-order chi connectivity index (χ1) is 18.0. The molecule has 7 heteroatoms. The monoisotopic (exact) mass is 516 g/mol. The summed E-state index contributed by atoms with van der Waals surface area (Å²) in [6, 6.07) is 18.0. The summed E-state index contributed by atoms with van der Waals surface area (Å²) in [6.45, 7) is 8.47. The molecule has 0 aliphatic carbocycles. The van der Waals surface area contributed by atoms with Crippen molar-refractivity contribution in [2.75, 3.05) is 0 Å². The molecule has 1 unspecified atom stereocenters. The maximum absolute atomic E-state index is 13.6. The van der Waals surface area contributed by atoms with E-state index in [2.05, 4.69) is 37.4 Å². The first-order valence-corrected chi connectivity index (χ1v) is 12.8. The average Bonchev–Trinajstić information content (AvgIpc) is 2.85. The molecular weight excluding hydrogens is 480 g/mol. The van der Waals surface area contributed by atoms with E-state index in [-0.39, 0.29) is 31.4 Å². The summed E-state index contributed by atoms with van der Waals surface area (Å²) < 4.78 is 5.85. The number of primary amides is 1. The van der Waals surface area contributed by atoms with Crippen molar-refractivity contribution in [2.45, 2.75) is 59.6 Å². The third-order valence-electron chi connectivity index (χ3n) is 6.21. The summed E-state index contributed by atoms with van der Waals surface area (Å²) in [4.78, 5) is 36.4. The third-order valence-corrected chi connectivity index (χ3v) is 6.21. The molecule has 0 aliphatic rings.